The van der Waals surface area contributed by atoms with Crippen molar-refractivity contribution in [3.8, 4) is 73.2 Å². The van der Waals surface area contributed by atoms with E-state index < -0.39 is 0 Å². The van der Waals surface area contributed by atoms with Gasteiger partial charge < -0.3 is 8.98 Å². The van der Waals surface area contributed by atoms with Gasteiger partial charge in [0.05, 0.1) is 11.0 Å². The average molecular weight is 793 g/mol. The number of furan rings is 1. The maximum Gasteiger partial charge on any atom is 0.164 e. The van der Waals surface area contributed by atoms with Crippen molar-refractivity contribution in [2.75, 3.05) is 0 Å². The number of para-hydroxylation sites is 2. The van der Waals surface area contributed by atoms with Gasteiger partial charge in [-0.25, -0.2) is 15.0 Å². The molecule has 0 unspecified atom stereocenters. The van der Waals surface area contributed by atoms with Crippen LogP contribution >= 0.6 is 0 Å². The Morgan fingerprint density at radius 2 is 0.774 bits per heavy atom. The Balaban J connectivity index is 0.950. The van der Waals surface area contributed by atoms with E-state index in [1.807, 2.05) is 48.5 Å². The van der Waals surface area contributed by atoms with Crippen LogP contribution in [-0.2, 0) is 0 Å². The van der Waals surface area contributed by atoms with E-state index in [1.165, 1.54) is 16.3 Å². The molecule has 3 heterocycles. The molecule has 5 nitrogen and oxygen atoms in total. The van der Waals surface area contributed by atoms with Crippen molar-refractivity contribution >= 4 is 43.7 Å². The fourth-order valence-corrected chi connectivity index (χ4v) is 8.81. The molecule has 0 fully saturated rings. The predicted molar refractivity (Wildman–Crippen MR) is 254 cm³/mol. The Bertz CT molecular complexity index is 3590. The molecule has 0 spiro atoms. The average Bonchev–Trinajstić information content (AvgIpc) is 3.90. The van der Waals surface area contributed by atoms with Gasteiger partial charge in [-0.1, -0.05) is 158 Å². The van der Waals surface area contributed by atoms with Crippen LogP contribution in [0.1, 0.15) is 0 Å². The van der Waals surface area contributed by atoms with E-state index in [-0.39, 0.29) is 0 Å². The smallest absolute Gasteiger partial charge is 0.164 e. The second-order valence-electron chi connectivity index (χ2n) is 15.6. The molecule has 0 saturated carbocycles. The first kappa shape index (κ1) is 35.5. The highest BCUT2D eigenvalue weighted by Gasteiger charge is 2.18. The third kappa shape index (κ3) is 6.14. The second kappa shape index (κ2) is 14.7. The zero-order valence-corrected chi connectivity index (χ0v) is 33.5. The van der Waals surface area contributed by atoms with Crippen molar-refractivity contribution in [2.24, 2.45) is 0 Å². The maximum absolute atomic E-state index is 6.50. The van der Waals surface area contributed by atoms with Gasteiger partial charge in [0.25, 0.3) is 0 Å². The molecule has 0 N–H and O–H groups in total. The molecule has 0 bridgehead atoms. The Hall–Kier alpha value is -8.41. The molecule has 0 aliphatic heterocycles. The number of hydrogen-bond donors (Lipinski definition) is 0. The number of fused-ring (bicyclic) bond motifs is 6. The van der Waals surface area contributed by atoms with Crippen molar-refractivity contribution in [3.05, 3.63) is 218 Å². The van der Waals surface area contributed by atoms with Crippen LogP contribution in [0, 0.1) is 0 Å². The van der Waals surface area contributed by atoms with Gasteiger partial charge in [0, 0.05) is 49.5 Å². The molecule has 0 saturated heterocycles. The van der Waals surface area contributed by atoms with Crippen LogP contribution in [0.2, 0.25) is 0 Å². The van der Waals surface area contributed by atoms with E-state index in [2.05, 4.69) is 174 Å². The lowest BCUT2D eigenvalue weighted by Gasteiger charge is -2.11. The van der Waals surface area contributed by atoms with Gasteiger partial charge in [-0.3, -0.25) is 0 Å². The fourth-order valence-electron chi connectivity index (χ4n) is 8.81. The summed E-state index contributed by atoms with van der Waals surface area (Å²) in [6, 6.07) is 76.4. The minimum Gasteiger partial charge on any atom is -0.455 e. The molecule has 0 aliphatic carbocycles. The fraction of sp³-hybridized carbons (Fsp3) is 0. The zero-order valence-electron chi connectivity index (χ0n) is 33.5. The van der Waals surface area contributed by atoms with Gasteiger partial charge in [0.2, 0.25) is 0 Å². The Kier molecular flexibility index (Phi) is 8.42. The van der Waals surface area contributed by atoms with Gasteiger partial charge in [-0.05, 0) is 88.5 Å². The number of aromatic nitrogens is 4. The van der Waals surface area contributed by atoms with E-state index in [9.17, 15) is 0 Å². The van der Waals surface area contributed by atoms with Crippen molar-refractivity contribution < 1.29 is 4.42 Å². The van der Waals surface area contributed by atoms with Crippen molar-refractivity contribution in [1.29, 1.82) is 0 Å². The topological polar surface area (TPSA) is 56.7 Å². The van der Waals surface area contributed by atoms with Gasteiger partial charge in [0.15, 0.2) is 17.5 Å². The molecule has 5 heteroatoms. The quantitative estimate of drug-likeness (QED) is 0.161. The Morgan fingerprint density at radius 3 is 1.45 bits per heavy atom. The monoisotopic (exact) mass is 792 g/mol. The van der Waals surface area contributed by atoms with E-state index in [0.29, 0.717) is 17.5 Å². The van der Waals surface area contributed by atoms with Crippen LogP contribution in [0.15, 0.2) is 223 Å². The van der Waals surface area contributed by atoms with Gasteiger partial charge >= 0.3 is 0 Å². The van der Waals surface area contributed by atoms with Crippen molar-refractivity contribution in [3.63, 3.8) is 0 Å². The Morgan fingerprint density at radius 1 is 0.306 bits per heavy atom. The van der Waals surface area contributed by atoms with Gasteiger partial charge in [0.1, 0.15) is 11.2 Å². The third-order valence-corrected chi connectivity index (χ3v) is 11.9. The summed E-state index contributed by atoms with van der Waals surface area (Å²) < 4.78 is 8.85. The number of hydrogen-bond acceptors (Lipinski definition) is 4. The highest BCUT2D eigenvalue weighted by molar-refractivity contribution is 6.13. The minimum absolute atomic E-state index is 0.622. The summed E-state index contributed by atoms with van der Waals surface area (Å²) in [4.78, 5) is 15.0. The molecule has 12 rings (SSSR count). The molecule has 12 aromatic rings. The molecule has 0 aliphatic rings. The van der Waals surface area contributed by atoms with E-state index >= 15 is 0 Å². The van der Waals surface area contributed by atoms with Crippen molar-refractivity contribution in [2.45, 2.75) is 0 Å². The molecule has 0 radical (unpaired) electrons. The highest BCUT2D eigenvalue weighted by atomic mass is 16.3. The van der Waals surface area contributed by atoms with E-state index in [1.54, 1.807) is 0 Å². The van der Waals surface area contributed by atoms with Crippen LogP contribution < -0.4 is 0 Å². The minimum atomic E-state index is 0.622. The van der Waals surface area contributed by atoms with Crippen LogP contribution in [0.25, 0.3) is 117 Å². The second-order valence-corrected chi connectivity index (χ2v) is 15.6. The third-order valence-electron chi connectivity index (χ3n) is 11.9. The first-order valence-corrected chi connectivity index (χ1v) is 20.8. The van der Waals surface area contributed by atoms with Gasteiger partial charge in [-0.15, -0.1) is 0 Å². The zero-order chi connectivity index (χ0) is 41.0. The number of benzene rings is 9. The summed E-state index contributed by atoms with van der Waals surface area (Å²) in [7, 11) is 0. The first-order valence-electron chi connectivity index (χ1n) is 20.8. The first-order chi connectivity index (χ1) is 30.7. The van der Waals surface area contributed by atoms with E-state index in [4.69, 9.17) is 19.4 Å². The lowest BCUT2D eigenvalue weighted by molar-refractivity contribution is 0.670. The summed E-state index contributed by atoms with van der Waals surface area (Å²) in [5.41, 5.74) is 14.7. The standard InChI is InChI=1S/C57H36N4O/c1-4-14-37(15-5-1)38-24-26-41(27-25-38)56-58-55(40-18-8-3-9-19-40)59-57(60-56)42-28-31-45(32-29-42)61-51-22-12-10-20-46(51)49-34-43(30-33-52(49)61)44-35-48(39-16-6-2-7-17-39)54-50(36-44)47-21-11-13-23-53(47)62-54/h1-36H. The number of nitrogens with zero attached hydrogens (tertiary/aromatic N) is 4. The normalized spacial score (nSPS) is 11.5. The molecule has 62 heavy (non-hydrogen) atoms. The summed E-state index contributed by atoms with van der Waals surface area (Å²) in [5, 5.41) is 4.61. The van der Waals surface area contributed by atoms with Crippen LogP contribution in [0.3, 0.4) is 0 Å². The molecule has 0 amide bonds. The number of rotatable bonds is 7. The van der Waals surface area contributed by atoms with Gasteiger partial charge in [-0.2, -0.15) is 0 Å². The molecular weight excluding hydrogens is 757 g/mol. The maximum atomic E-state index is 6.50. The van der Waals surface area contributed by atoms with E-state index in [0.717, 1.165) is 83.2 Å². The molecule has 3 aromatic heterocycles. The lowest BCUT2D eigenvalue weighted by atomic mass is 9.95. The largest absolute Gasteiger partial charge is 0.455 e. The van der Waals surface area contributed by atoms with Crippen molar-refractivity contribution in [1.82, 2.24) is 19.5 Å². The summed E-state index contributed by atoms with van der Waals surface area (Å²) in [6.07, 6.45) is 0. The predicted octanol–water partition coefficient (Wildman–Crippen LogP) is 14.9. The Labute approximate surface area is 357 Å². The molecule has 9 aromatic carbocycles. The lowest BCUT2D eigenvalue weighted by Crippen LogP contribution is -2.00. The van der Waals surface area contributed by atoms with Crippen LogP contribution in [0.5, 0.6) is 0 Å². The van der Waals surface area contributed by atoms with Crippen LogP contribution in [0.4, 0.5) is 0 Å². The summed E-state index contributed by atoms with van der Waals surface area (Å²) in [5.74, 6) is 1.89. The van der Waals surface area contributed by atoms with Crippen LogP contribution in [-0.4, -0.2) is 19.5 Å². The summed E-state index contributed by atoms with van der Waals surface area (Å²) >= 11 is 0. The molecular formula is C57H36N4O. The molecule has 290 valence electrons. The SMILES string of the molecule is c1ccc(-c2ccc(-c3nc(-c4ccccc4)nc(-c4ccc(-n5c6ccccc6c6cc(-c7cc(-c8ccccc8)c8oc9ccccc9c8c7)ccc65)cc4)n3)cc2)cc1. The highest BCUT2D eigenvalue weighted by Crippen LogP contribution is 2.41. The summed E-state index contributed by atoms with van der Waals surface area (Å²) in [6.45, 7) is 0. The molecule has 0 atom stereocenters.